The first kappa shape index (κ1) is 7.41. The summed E-state index contributed by atoms with van der Waals surface area (Å²) in [7, 11) is 0. The second-order valence-corrected chi connectivity index (χ2v) is 7.04. The summed E-state index contributed by atoms with van der Waals surface area (Å²) >= 11 is 0. The minimum Gasteiger partial charge on any atom is -0.0594 e. The normalized spacial score (nSPS) is 57.0. The van der Waals surface area contributed by atoms with Crippen LogP contribution < -0.4 is 0 Å². The van der Waals surface area contributed by atoms with Crippen LogP contribution in [-0.4, -0.2) is 0 Å². The van der Waals surface area contributed by atoms with Gasteiger partial charge in [-0.15, -0.1) is 0 Å². The van der Waals surface area contributed by atoms with Crippen LogP contribution in [-0.2, 0) is 0 Å². The average molecular weight is 164 g/mol. The zero-order chi connectivity index (χ0) is 8.83. The molecule has 0 aliphatic heterocycles. The van der Waals surface area contributed by atoms with Gasteiger partial charge in [-0.1, -0.05) is 27.7 Å². The lowest BCUT2D eigenvalue weighted by Crippen LogP contribution is -2.33. The predicted molar refractivity (Wildman–Crippen MR) is 50.9 cm³/mol. The summed E-state index contributed by atoms with van der Waals surface area (Å²) in [6.45, 7) is 9.81. The zero-order valence-corrected chi connectivity index (χ0v) is 8.83. The average Bonchev–Trinajstić information content (AvgIpc) is 2.46. The highest BCUT2D eigenvalue weighted by molar-refractivity contribution is 5.29. The zero-order valence-electron chi connectivity index (χ0n) is 8.83. The Morgan fingerprint density at radius 1 is 0.583 bits per heavy atom. The van der Waals surface area contributed by atoms with Crippen molar-refractivity contribution in [3.05, 3.63) is 0 Å². The maximum Gasteiger partial charge on any atom is -0.0230 e. The van der Waals surface area contributed by atoms with Crippen molar-refractivity contribution in [2.75, 3.05) is 0 Å². The number of hydrogen-bond donors (Lipinski definition) is 0. The first-order valence-electron chi connectivity index (χ1n) is 5.33. The van der Waals surface area contributed by atoms with Gasteiger partial charge in [-0.05, 0) is 47.3 Å². The van der Waals surface area contributed by atoms with E-state index >= 15 is 0 Å². The summed E-state index contributed by atoms with van der Waals surface area (Å²) < 4.78 is 0. The van der Waals surface area contributed by atoms with Crippen LogP contribution in [0, 0.1) is 21.7 Å². The van der Waals surface area contributed by atoms with Crippen LogP contribution in [0.2, 0.25) is 0 Å². The molecular formula is C12H20. The Morgan fingerprint density at radius 3 is 1.00 bits per heavy atom. The molecule has 0 N–H and O–H groups in total. The molecule has 12 heavy (non-hydrogen) atoms. The maximum absolute atomic E-state index is 2.45. The SMILES string of the molecule is CC1(C)CC12CC1(CC1(C)C)C2. The molecule has 3 saturated carbocycles. The minimum absolute atomic E-state index is 0.705. The van der Waals surface area contributed by atoms with Crippen molar-refractivity contribution in [2.24, 2.45) is 21.7 Å². The van der Waals surface area contributed by atoms with Crippen molar-refractivity contribution in [1.82, 2.24) is 0 Å². The van der Waals surface area contributed by atoms with E-state index < -0.39 is 0 Å². The van der Waals surface area contributed by atoms with E-state index in [0.29, 0.717) is 10.8 Å². The van der Waals surface area contributed by atoms with Gasteiger partial charge in [0.05, 0.1) is 0 Å². The summed E-state index contributed by atoms with van der Waals surface area (Å²) in [5, 5.41) is 0. The molecule has 0 heterocycles. The first-order valence-corrected chi connectivity index (χ1v) is 5.33. The standard InChI is InChI=1S/C12H20/c1-9(2)5-11(9)7-12(8-11)6-10(12,3)4/h5-8H2,1-4H3. The van der Waals surface area contributed by atoms with Gasteiger partial charge < -0.3 is 0 Å². The van der Waals surface area contributed by atoms with Gasteiger partial charge in [0.15, 0.2) is 0 Å². The first-order chi connectivity index (χ1) is 5.33. The highest BCUT2D eigenvalue weighted by atomic mass is 14.8. The fourth-order valence-corrected chi connectivity index (χ4v) is 4.05. The maximum atomic E-state index is 2.45. The van der Waals surface area contributed by atoms with Gasteiger partial charge in [0.1, 0.15) is 0 Å². The third kappa shape index (κ3) is 0.561. The van der Waals surface area contributed by atoms with Crippen LogP contribution in [0.25, 0.3) is 0 Å². The Morgan fingerprint density at radius 2 is 0.833 bits per heavy atom. The molecule has 0 atom stereocenters. The second kappa shape index (κ2) is 1.40. The topological polar surface area (TPSA) is 0 Å². The lowest BCUT2D eigenvalue weighted by molar-refractivity contribution is 0.0718. The smallest absolute Gasteiger partial charge is 0.0230 e. The summed E-state index contributed by atoms with van der Waals surface area (Å²) in [4.78, 5) is 0. The van der Waals surface area contributed by atoms with E-state index in [1.807, 2.05) is 0 Å². The second-order valence-electron chi connectivity index (χ2n) is 7.04. The molecule has 0 heteroatoms. The van der Waals surface area contributed by atoms with Gasteiger partial charge >= 0.3 is 0 Å². The molecule has 0 amide bonds. The van der Waals surface area contributed by atoms with Crippen molar-refractivity contribution in [1.29, 1.82) is 0 Å². The van der Waals surface area contributed by atoms with Gasteiger partial charge in [-0.25, -0.2) is 0 Å². The Kier molecular flexibility index (Phi) is 0.866. The van der Waals surface area contributed by atoms with E-state index in [1.165, 1.54) is 12.8 Å². The van der Waals surface area contributed by atoms with Crippen molar-refractivity contribution in [2.45, 2.75) is 53.4 Å². The van der Waals surface area contributed by atoms with Gasteiger partial charge in [0, 0.05) is 0 Å². The molecule has 0 unspecified atom stereocenters. The third-order valence-corrected chi connectivity index (χ3v) is 5.54. The van der Waals surface area contributed by atoms with E-state index in [0.717, 1.165) is 10.8 Å². The van der Waals surface area contributed by atoms with Gasteiger partial charge in [0.25, 0.3) is 0 Å². The van der Waals surface area contributed by atoms with Gasteiger partial charge in [0.2, 0.25) is 0 Å². The molecule has 3 rings (SSSR count). The van der Waals surface area contributed by atoms with Crippen LogP contribution >= 0.6 is 0 Å². The van der Waals surface area contributed by atoms with Crippen LogP contribution in [0.4, 0.5) is 0 Å². The van der Waals surface area contributed by atoms with E-state index in [4.69, 9.17) is 0 Å². The molecule has 2 spiro atoms. The molecular weight excluding hydrogens is 144 g/mol. The van der Waals surface area contributed by atoms with E-state index in [1.54, 1.807) is 12.8 Å². The Hall–Kier alpha value is 0. The van der Waals surface area contributed by atoms with E-state index in [9.17, 15) is 0 Å². The van der Waals surface area contributed by atoms with Gasteiger partial charge in [-0.3, -0.25) is 0 Å². The Balaban J connectivity index is 1.76. The largest absolute Gasteiger partial charge is 0.0594 e. The predicted octanol–water partition coefficient (Wildman–Crippen LogP) is 3.61. The molecule has 0 aromatic heterocycles. The summed E-state index contributed by atoms with van der Waals surface area (Å²) in [6.07, 6.45) is 6.13. The monoisotopic (exact) mass is 164 g/mol. The number of hydrogen-bond acceptors (Lipinski definition) is 0. The van der Waals surface area contributed by atoms with E-state index in [-0.39, 0.29) is 0 Å². The van der Waals surface area contributed by atoms with Gasteiger partial charge in [-0.2, -0.15) is 0 Å². The molecule has 0 nitrogen and oxygen atoms in total. The molecule has 0 aromatic carbocycles. The van der Waals surface area contributed by atoms with Crippen molar-refractivity contribution < 1.29 is 0 Å². The minimum atomic E-state index is 0.705. The summed E-state index contributed by atoms with van der Waals surface area (Å²) in [5.41, 5.74) is 3.05. The van der Waals surface area contributed by atoms with Crippen molar-refractivity contribution in [3.63, 3.8) is 0 Å². The fraction of sp³-hybridized carbons (Fsp3) is 1.00. The highest BCUT2D eigenvalue weighted by Crippen LogP contribution is 2.88. The molecule has 3 aliphatic carbocycles. The summed E-state index contributed by atoms with van der Waals surface area (Å²) in [5.74, 6) is 0. The van der Waals surface area contributed by atoms with Crippen LogP contribution in [0.15, 0.2) is 0 Å². The summed E-state index contributed by atoms with van der Waals surface area (Å²) in [6, 6.07) is 0. The highest BCUT2D eigenvalue weighted by Gasteiger charge is 2.79. The molecule has 0 aromatic rings. The van der Waals surface area contributed by atoms with Crippen LogP contribution in [0.5, 0.6) is 0 Å². The molecule has 0 radical (unpaired) electrons. The lowest BCUT2D eigenvalue weighted by Gasteiger charge is -2.42. The molecule has 0 saturated heterocycles. The van der Waals surface area contributed by atoms with Crippen molar-refractivity contribution >= 4 is 0 Å². The molecule has 0 bridgehead atoms. The Labute approximate surface area is 75.7 Å². The Bertz CT molecular complexity index is 225. The molecule has 3 aliphatic rings. The fourth-order valence-electron chi connectivity index (χ4n) is 4.05. The van der Waals surface area contributed by atoms with Crippen molar-refractivity contribution in [3.8, 4) is 0 Å². The van der Waals surface area contributed by atoms with Crippen LogP contribution in [0.1, 0.15) is 53.4 Å². The van der Waals surface area contributed by atoms with Crippen LogP contribution in [0.3, 0.4) is 0 Å². The molecule has 3 fully saturated rings. The number of rotatable bonds is 0. The molecule has 68 valence electrons. The lowest BCUT2D eigenvalue weighted by atomic mass is 9.62. The van der Waals surface area contributed by atoms with E-state index in [2.05, 4.69) is 27.7 Å². The third-order valence-electron chi connectivity index (χ3n) is 5.54. The quantitative estimate of drug-likeness (QED) is 0.513.